The Balaban J connectivity index is 1.68. The number of amides is 1. The maximum absolute atomic E-state index is 11.6. The van der Waals surface area contributed by atoms with Crippen LogP contribution in [0.25, 0.3) is 0 Å². The summed E-state index contributed by atoms with van der Waals surface area (Å²) in [5.74, 6) is 0.580. The Morgan fingerprint density at radius 2 is 1.82 bits per heavy atom. The Morgan fingerprint density at radius 1 is 1.11 bits per heavy atom. The van der Waals surface area contributed by atoms with E-state index in [-0.39, 0.29) is 17.9 Å². The lowest BCUT2D eigenvalue weighted by molar-refractivity contribution is -0.123. The molecule has 0 spiro atoms. The third kappa shape index (κ3) is 3.91. The molecule has 7 nitrogen and oxygen atoms in total. The molecule has 2 N–H and O–H groups in total. The van der Waals surface area contributed by atoms with Gasteiger partial charge in [0.05, 0.1) is 12.1 Å². The molecule has 2 heterocycles. The van der Waals surface area contributed by atoms with Crippen molar-refractivity contribution in [1.82, 2.24) is 25.1 Å². The first kappa shape index (κ1) is 19.3. The molecular weight excluding hydrogens is 376 g/mol. The first-order valence-corrected chi connectivity index (χ1v) is 10.6. The smallest absolute Gasteiger partial charge is 0.220 e. The third-order valence-corrected chi connectivity index (χ3v) is 6.52. The zero-order chi connectivity index (χ0) is 19.5. The van der Waals surface area contributed by atoms with Crippen LogP contribution >= 0.6 is 11.6 Å². The molecule has 1 aliphatic heterocycles. The van der Waals surface area contributed by atoms with E-state index in [9.17, 15) is 4.79 Å². The summed E-state index contributed by atoms with van der Waals surface area (Å²) in [5, 5.41) is 13.6. The predicted molar refractivity (Wildman–Crippen MR) is 107 cm³/mol. The fourth-order valence-corrected chi connectivity index (χ4v) is 4.84. The van der Waals surface area contributed by atoms with Gasteiger partial charge in [0.25, 0.3) is 0 Å². The van der Waals surface area contributed by atoms with E-state index in [0.29, 0.717) is 11.1 Å². The van der Waals surface area contributed by atoms with Crippen molar-refractivity contribution < 1.29 is 4.79 Å². The highest BCUT2D eigenvalue weighted by Crippen LogP contribution is 2.37. The number of tetrazole rings is 1. The number of halogens is 1. The van der Waals surface area contributed by atoms with E-state index >= 15 is 0 Å². The maximum Gasteiger partial charge on any atom is 0.220 e. The molecular formula is C20H27ClN6O. The molecule has 1 unspecified atom stereocenters. The molecule has 0 bridgehead atoms. The van der Waals surface area contributed by atoms with E-state index in [4.69, 9.17) is 17.3 Å². The fourth-order valence-electron chi connectivity index (χ4n) is 4.60. The van der Waals surface area contributed by atoms with E-state index in [1.165, 1.54) is 19.3 Å². The van der Waals surface area contributed by atoms with Gasteiger partial charge in [-0.15, -0.1) is 5.10 Å². The minimum Gasteiger partial charge on any atom is -0.369 e. The molecule has 8 heteroatoms. The second-order valence-electron chi connectivity index (χ2n) is 7.91. The number of benzene rings is 1. The monoisotopic (exact) mass is 402 g/mol. The van der Waals surface area contributed by atoms with Crippen molar-refractivity contribution in [2.45, 2.75) is 57.0 Å². The van der Waals surface area contributed by atoms with Crippen molar-refractivity contribution in [2.24, 2.45) is 11.7 Å². The molecule has 2 aromatic rings. The predicted octanol–water partition coefficient (Wildman–Crippen LogP) is 3.12. The molecule has 1 aliphatic carbocycles. The molecule has 0 radical (unpaired) electrons. The minimum atomic E-state index is -0.207. The molecule has 4 rings (SSSR count). The van der Waals surface area contributed by atoms with Gasteiger partial charge in [0.15, 0.2) is 5.82 Å². The second-order valence-corrected chi connectivity index (χ2v) is 8.32. The first-order chi connectivity index (χ1) is 13.6. The summed E-state index contributed by atoms with van der Waals surface area (Å²) < 4.78 is 2.02. The molecule has 1 aromatic heterocycles. The molecule has 28 heavy (non-hydrogen) atoms. The molecule has 2 fully saturated rings. The van der Waals surface area contributed by atoms with E-state index < -0.39 is 0 Å². The highest BCUT2D eigenvalue weighted by molar-refractivity contribution is 6.31. The van der Waals surface area contributed by atoms with Crippen LogP contribution in [0.3, 0.4) is 0 Å². The summed E-state index contributed by atoms with van der Waals surface area (Å²) in [4.78, 5) is 13.9. The lowest BCUT2D eigenvalue weighted by Gasteiger charge is -2.37. The molecule has 1 atom stereocenters. The van der Waals surface area contributed by atoms with Gasteiger partial charge in [-0.25, -0.2) is 4.68 Å². The number of aromatic nitrogens is 4. The average molecular weight is 403 g/mol. The van der Waals surface area contributed by atoms with Crippen molar-refractivity contribution in [2.75, 3.05) is 13.1 Å². The average Bonchev–Trinajstić information content (AvgIpc) is 3.20. The number of nitrogens with zero attached hydrogens (tertiary/aromatic N) is 5. The lowest BCUT2D eigenvalue weighted by Crippen LogP contribution is -2.42. The minimum absolute atomic E-state index is 0.0579. The maximum atomic E-state index is 11.6. The van der Waals surface area contributed by atoms with Crippen molar-refractivity contribution in [3.63, 3.8) is 0 Å². The Labute approximate surface area is 170 Å². The number of hydrogen-bond donors (Lipinski definition) is 1. The number of nitrogens with two attached hydrogens (primary N) is 1. The summed E-state index contributed by atoms with van der Waals surface area (Å²) in [5.41, 5.74) is 6.53. The number of carbonyl (C=O) groups is 1. The first-order valence-electron chi connectivity index (χ1n) is 10.2. The van der Waals surface area contributed by atoms with Gasteiger partial charge in [-0.2, -0.15) is 0 Å². The molecule has 2 aliphatic rings. The van der Waals surface area contributed by atoms with Crippen LogP contribution in [0.15, 0.2) is 24.3 Å². The standard InChI is InChI=1S/C20H27ClN6O/c21-17-9-5-4-8-16(17)18(26-12-10-14(11-13-26)19(22)28)20-23-24-25-27(20)15-6-2-1-3-7-15/h4-5,8-9,14-15,18H,1-3,6-7,10-13H2,(H2,22,28). The van der Waals surface area contributed by atoms with Crippen LogP contribution in [0.2, 0.25) is 5.02 Å². The van der Waals surface area contributed by atoms with Crippen LogP contribution in [0.5, 0.6) is 0 Å². The fraction of sp³-hybridized carbons (Fsp3) is 0.600. The van der Waals surface area contributed by atoms with Gasteiger partial charge in [-0.05, 0) is 60.8 Å². The van der Waals surface area contributed by atoms with Crippen LogP contribution < -0.4 is 5.73 Å². The number of hydrogen-bond acceptors (Lipinski definition) is 5. The Morgan fingerprint density at radius 3 is 2.50 bits per heavy atom. The lowest BCUT2D eigenvalue weighted by atomic mass is 9.92. The summed E-state index contributed by atoms with van der Waals surface area (Å²) >= 11 is 6.59. The largest absolute Gasteiger partial charge is 0.369 e. The molecule has 1 saturated carbocycles. The quantitative estimate of drug-likeness (QED) is 0.829. The van der Waals surface area contributed by atoms with Gasteiger partial charge in [0.1, 0.15) is 0 Å². The number of carbonyl (C=O) groups excluding carboxylic acids is 1. The van der Waals surface area contributed by atoms with Crippen molar-refractivity contribution in [1.29, 1.82) is 0 Å². The highest BCUT2D eigenvalue weighted by atomic mass is 35.5. The zero-order valence-corrected chi connectivity index (χ0v) is 16.8. The molecule has 1 amide bonds. The van der Waals surface area contributed by atoms with Gasteiger partial charge in [-0.3, -0.25) is 9.69 Å². The second kappa shape index (κ2) is 8.57. The van der Waals surface area contributed by atoms with Crippen LogP contribution in [-0.4, -0.2) is 44.1 Å². The van der Waals surface area contributed by atoms with Gasteiger partial charge in [-0.1, -0.05) is 49.1 Å². The van der Waals surface area contributed by atoms with Gasteiger partial charge >= 0.3 is 0 Å². The van der Waals surface area contributed by atoms with Gasteiger partial charge < -0.3 is 5.73 Å². The molecule has 1 aromatic carbocycles. The van der Waals surface area contributed by atoms with Gasteiger partial charge in [0, 0.05) is 10.9 Å². The van der Waals surface area contributed by atoms with Crippen molar-refractivity contribution in [3.8, 4) is 0 Å². The summed E-state index contributed by atoms with van der Waals surface area (Å²) in [6, 6.07) is 8.11. The Bertz CT molecular complexity index is 811. The van der Waals surface area contributed by atoms with E-state index in [1.807, 2.05) is 28.9 Å². The topological polar surface area (TPSA) is 89.9 Å². The summed E-state index contributed by atoms with van der Waals surface area (Å²) in [7, 11) is 0. The van der Waals surface area contributed by atoms with Crippen molar-refractivity contribution >= 4 is 17.5 Å². The third-order valence-electron chi connectivity index (χ3n) is 6.18. The molecule has 150 valence electrons. The summed E-state index contributed by atoms with van der Waals surface area (Å²) in [6.07, 6.45) is 7.43. The number of likely N-dealkylation sites (tertiary alicyclic amines) is 1. The van der Waals surface area contributed by atoms with Crippen LogP contribution in [0.1, 0.15) is 68.4 Å². The Hall–Kier alpha value is -1.99. The highest BCUT2D eigenvalue weighted by Gasteiger charge is 2.34. The van der Waals surface area contributed by atoms with Crippen molar-refractivity contribution in [3.05, 3.63) is 40.7 Å². The summed E-state index contributed by atoms with van der Waals surface area (Å²) in [6.45, 7) is 1.53. The van der Waals surface area contributed by atoms with Gasteiger partial charge in [0.2, 0.25) is 5.91 Å². The van der Waals surface area contributed by atoms with Crippen LogP contribution in [-0.2, 0) is 4.79 Å². The van der Waals surface area contributed by atoms with E-state index in [0.717, 1.165) is 50.2 Å². The zero-order valence-electron chi connectivity index (χ0n) is 16.0. The number of piperidine rings is 1. The van der Waals surface area contributed by atoms with E-state index in [1.54, 1.807) is 0 Å². The number of rotatable bonds is 5. The normalized spacial score (nSPS) is 20.9. The number of primary amides is 1. The Kier molecular flexibility index (Phi) is 5.92. The SMILES string of the molecule is NC(=O)C1CCN(C(c2ccccc2Cl)c2nnnn2C2CCCCC2)CC1. The van der Waals surface area contributed by atoms with Crippen LogP contribution in [0, 0.1) is 5.92 Å². The van der Waals surface area contributed by atoms with E-state index in [2.05, 4.69) is 20.4 Å². The van der Waals surface area contributed by atoms with Crippen LogP contribution in [0.4, 0.5) is 0 Å². The molecule has 1 saturated heterocycles.